The fourth-order valence-electron chi connectivity index (χ4n) is 3.69. The topological polar surface area (TPSA) is 99.2 Å². The number of anilines is 1. The highest BCUT2D eigenvalue weighted by molar-refractivity contribution is 7.92. The van der Waals surface area contributed by atoms with Gasteiger partial charge in [0.05, 0.1) is 23.1 Å². The Hall–Kier alpha value is -2.69. The van der Waals surface area contributed by atoms with Crippen LogP contribution in [0.1, 0.15) is 24.2 Å². The summed E-state index contributed by atoms with van der Waals surface area (Å²) in [4.78, 5) is 16.9. The highest BCUT2D eigenvalue weighted by atomic mass is 32.2. The van der Waals surface area contributed by atoms with Gasteiger partial charge in [0.15, 0.2) is 0 Å². The van der Waals surface area contributed by atoms with Crippen molar-refractivity contribution in [3.63, 3.8) is 0 Å². The third-order valence-corrected chi connectivity index (χ3v) is 6.98. The van der Waals surface area contributed by atoms with E-state index in [-0.39, 0.29) is 40.7 Å². The number of ether oxygens (including phenoxy) is 1. The van der Waals surface area contributed by atoms with E-state index in [1.807, 2.05) is 25.9 Å². The summed E-state index contributed by atoms with van der Waals surface area (Å²) >= 11 is 0. The first-order valence-corrected chi connectivity index (χ1v) is 12.2. The summed E-state index contributed by atoms with van der Waals surface area (Å²) in [6, 6.07) is 8.54. The van der Waals surface area contributed by atoms with Gasteiger partial charge in [0.2, 0.25) is 0 Å². The third-order valence-electron chi connectivity index (χ3n) is 5.59. The molecule has 1 heterocycles. The zero-order chi connectivity index (χ0) is 24.3. The van der Waals surface area contributed by atoms with Crippen LogP contribution in [0.3, 0.4) is 0 Å². The number of rotatable bonds is 7. The Balaban J connectivity index is 2.00. The Morgan fingerprint density at radius 2 is 1.91 bits per heavy atom. The molecular weight excluding hydrogens is 449 g/mol. The summed E-state index contributed by atoms with van der Waals surface area (Å²) < 4.78 is 47.3. The maximum Gasteiger partial charge on any atom is 0.261 e. The molecule has 10 heteroatoms. The van der Waals surface area contributed by atoms with Gasteiger partial charge in [-0.2, -0.15) is 0 Å². The van der Waals surface area contributed by atoms with Crippen LogP contribution in [0.15, 0.2) is 47.4 Å². The number of halogens is 1. The standard InChI is InChI=1S/C23H30FN3O5S/c1-15-12-27(16(2)14-28)23(29)20-11-18(7-10-21(20)32-22(15)13-26(3)4)25-33(30,31)19-8-5-17(24)6-9-19/h5-11,15-16,22,25,28H,12-14H2,1-4H3/t15-,16-,22-/m1/s1. The van der Waals surface area contributed by atoms with Gasteiger partial charge in [-0.3, -0.25) is 9.52 Å². The van der Waals surface area contributed by atoms with Gasteiger partial charge >= 0.3 is 0 Å². The molecule has 2 aromatic carbocycles. The van der Waals surface area contributed by atoms with Crippen molar-refractivity contribution >= 4 is 21.6 Å². The zero-order valence-electron chi connectivity index (χ0n) is 19.2. The minimum Gasteiger partial charge on any atom is -0.488 e. The number of nitrogens with one attached hydrogen (secondary N) is 1. The van der Waals surface area contributed by atoms with Crippen LogP contribution in [0, 0.1) is 11.7 Å². The summed E-state index contributed by atoms with van der Waals surface area (Å²) in [5.74, 6) is -0.560. The lowest BCUT2D eigenvalue weighted by Gasteiger charge is -2.37. The molecule has 180 valence electrons. The molecule has 0 unspecified atom stereocenters. The van der Waals surface area contributed by atoms with Crippen LogP contribution in [0.5, 0.6) is 5.75 Å². The molecule has 2 N–H and O–H groups in total. The van der Waals surface area contributed by atoms with E-state index in [0.717, 1.165) is 24.3 Å². The van der Waals surface area contributed by atoms with E-state index < -0.39 is 21.9 Å². The third kappa shape index (κ3) is 5.82. The van der Waals surface area contributed by atoms with Crippen LogP contribution in [0.2, 0.25) is 0 Å². The van der Waals surface area contributed by atoms with Crippen molar-refractivity contribution in [2.24, 2.45) is 5.92 Å². The number of aliphatic hydroxyl groups is 1. The molecule has 0 aromatic heterocycles. The van der Waals surface area contributed by atoms with Crippen molar-refractivity contribution in [3.8, 4) is 5.75 Å². The van der Waals surface area contributed by atoms with Gasteiger partial charge in [-0.25, -0.2) is 12.8 Å². The number of amides is 1. The molecule has 0 saturated carbocycles. The molecule has 1 aliphatic heterocycles. The van der Waals surface area contributed by atoms with Crippen molar-refractivity contribution in [1.82, 2.24) is 9.80 Å². The van der Waals surface area contributed by atoms with Gasteiger partial charge in [-0.15, -0.1) is 0 Å². The lowest BCUT2D eigenvalue weighted by molar-refractivity contribution is 0.0363. The molecule has 8 nitrogen and oxygen atoms in total. The molecule has 1 aliphatic rings. The quantitative estimate of drug-likeness (QED) is 0.633. The predicted octanol–water partition coefficient (Wildman–Crippen LogP) is 2.41. The lowest BCUT2D eigenvalue weighted by atomic mass is 9.99. The summed E-state index contributed by atoms with van der Waals surface area (Å²) in [5.41, 5.74) is 0.370. The number of likely N-dealkylation sites (N-methyl/N-ethyl adjacent to an activating group) is 1. The fraction of sp³-hybridized carbons (Fsp3) is 0.435. The Kier molecular flexibility index (Phi) is 7.61. The molecule has 3 atom stereocenters. The molecule has 0 fully saturated rings. The van der Waals surface area contributed by atoms with Crippen LogP contribution in [-0.2, 0) is 10.0 Å². The Morgan fingerprint density at radius 1 is 1.24 bits per heavy atom. The summed E-state index contributed by atoms with van der Waals surface area (Å²) in [6.45, 7) is 4.55. The minimum absolute atomic E-state index is 0.00449. The first-order chi connectivity index (χ1) is 15.5. The second-order valence-corrected chi connectivity index (χ2v) is 10.3. The van der Waals surface area contributed by atoms with E-state index in [1.54, 1.807) is 17.9 Å². The number of carbonyl (C=O) groups excluding carboxylic acids is 1. The average molecular weight is 480 g/mol. The van der Waals surface area contributed by atoms with Crippen molar-refractivity contribution in [2.45, 2.75) is 30.9 Å². The van der Waals surface area contributed by atoms with Gasteiger partial charge in [-0.05, 0) is 63.5 Å². The number of nitrogens with zero attached hydrogens (tertiary/aromatic N) is 2. The molecule has 33 heavy (non-hydrogen) atoms. The van der Waals surface area contributed by atoms with Crippen LogP contribution in [-0.4, -0.2) is 75.2 Å². The maximum absolute atomic E-state index is 13.4. The second-order valence-electron chi connectivity index (χ2n) is 8.66. The largest absolute Gasteiger partial charge is 0.488 e. The second kappa shape index (κ2) is 10.1. The van der Waals surface area contributed by atoms with Gasteiger partial charge in [-0.1, -0.05) is 6.92 Å². The van der Waals surface area contributed by atoms with Crippen molar-refractivity contribution in [1.29, 1.82) is 0 Å². The molecule has 1 amide bonds. The van der Waals surface area contributed by atoms with E-state index in [0.29, 0.717) is 18.8 Å². The number of aliphatic hydroxyl groups excluding tert-OH is 1. The van der Waals surface area contributed by atoms with Gasteiger partial charge in [0, 0.05) is 24.7 Å². The van der Waals surface area contributed by atoms with Crippen LogP contribution >= 0.6 is 0 Å². The first-order valence-electron chi connectivity index (χ1n) is 10.7. The average Bonchev–Trinajstić information content (AvgIpc) is 2.76. The van der Waals surface area contributed by atoms with E-state index >= 15 is 0 Å². The molecule has 2 aromatic rings. The van der Waals surface area contributed by atoms with Gasteiger partial charge < -0.3 is 19.6 Å². The summed E-state index contributed by atoms with van der Waals surface area (Å²) in [7, 11) is -0.124. The number of benzene rings is 2. The van der Waals surface area contributed by atoms with Crippen molar-refractivity contribution < 1.29 is 27.4 Å². The van der Waals surface area contributed by atoms with Gasteiger partial charge in [0.1, 0.15) is 17.7 Å². The van der Waals surface area contributed by atoms with Crippen LogP contribution in [0.25, 0.3) is 0 Å². The fourth-order valence-corrected chi connectivity index (χ4v) is 4.74. The number of fused-ring (bicyclic) bond motifs is 1. The first kappa shape index (κ1) is 24.9. The van der Waals surface area contributed by atoms with Crippen molar-refractivity contribution in [2.75, 3.05) is 38.5 Å². The van der Waals surface area contributed by atoms with E-state index in [1.165, 1.54) is 12.1 Å². The van der Waals surface area contributed by atoms with E-state index in [2.05, 4.69) is 4.72 Å². The number of carbonyl (C=O) groups is 1. The number of hydrogen-bond donors (Lipinski definition) is 2. The molecule has 0 radical (unpaired) electrons. The molecule has 0 aliphatic carbocycles. The van der Waals surface area contributed by atoms with Crippen molar-refractivity contribution in [3.05, 3.63) is 53.8 Å². The lowest BCUT2D eigenvalue weighted by Crippen LogP contribution is -2.49. The highest BCUT2D eigenvalue weighted by Gasteiger charge is 2.33. The molecule has 3 rings (SSSR count). The predicted molar refractivity (Wildman–Crippen MR) is 123 cm³/mol. The van der Waals surface area contributed by atoms with Crippen LogP contribution < -0.4 is 9.46 Å². The Labute approximate surface area is 194 Å². The summed E-state index contributed by atoms with van der Waals surface area (Å²) in [5, 5.41) is 9.71. The molecule has 0 saturated heterocycles. The summed E-state index contributed by atoms with van der Waals surface area (Å²) in [6.07, 6.45) is -0.220. The van der Waals surface area contributed by atoms with E-state index in [9.17, 15) is 22.7 Å². The molecule has 0 spiro atoms. The zero-order valence-corrected chi connectivity index (χ0v) is 20.0. The number of sulfonamides is 1. The number of hydrogen-bond acceptors (Lipinski definition) is 6. The smallest absolute Gasteiger partial charge is 0.261 e. The Bertz CT molecular complexity index is 1090. The van der Waals surface area contributed by atoms with E-state index in [4.69, 9.17) is 4.74 Å². The molecular formula is C23H30FN3O5S. The highest BCUT2D eigenvalue weighted by Crippen LogP contribution is 2.31. The maximum atomic E-state index is 13.4. The SMILES string of the molecule is C[C@@H]1CN([C@H](C)CO)C(=O)c2cc(NS(=O)(=O)c3ccc(F)cc3)ccc2O[C@@H]1CN(C)C. The van der Waals surface area contributed by atoms with Gasteiger partial charge in [0.25, 0.3) is 15.9 Å². The normalized spacial score (nSPS) is 20.0. The minimum atomic E-state index is -3.99. The monoisotopic (exact) mass is 479 g/mol. The molecule has 0 bridgehead atoms. The Morgan fingerprint density at radius 3 is 2.52 bits per heavy atom. The van der Waals surface area contributed by atoms with Crippen LogP contribution in [0.4, 0.5) is 10.1 Å².